The minimum atomic E-state index is -3.61. The molecule has 0 fully saturated rings. The van der Waals surface area contributed by atoms with Gasteiger partial charge in [-0.1, -0.05) is 30.4 Å². The van der Waals surface area contributed by atoms with Gasteiger partial charge in [0, 0.05) is 4.47 Å². The van der Waals surface area contributed by atoms with Gasteiger partial charge < -0.3 is 15.7 Å². The van der Waals surface area contributed by atoms with Gasteiger partial charge in [0.25, 0.3) is 0 Å². The highest BCUT2D eigenvalue weighted by atomic mass is 79.9. The number of benzene rings is 2. The number of hydrogen-bond acceptors (Lipinski definition) is 4. The standard InChI is InChI=1S/C16H13BrN2O4S/c17-11-5-1-2-6-12(11)18-16(21)19-13-8-7-10-4-3-9-24(22,23)15(10)14(13)20/h1-8,20H,9H2,(H2,18,19,21). The van der Waals surface area contributed by atoms with Gasteiger partial charge in [-0.05, 0) is 39.7 Å². The number of aromatic hydroxyl groups is 1. The number of para-hydroxylation sites is 1. The molecule has 2 aromatic carbocycles. The quantitative estimate of drug-likeness (QED) is 0.661. The van der Waals surface area contributed by atoms with E-state index in [1.54, 1.807) is 30.3 Å². The molecule has 0 aromatic heterocycles. The maximum absolute atomic E-state index is 12.1. The van der Waals surface area contributed by atoms with Crippen LogP contribution in [-0.4, -0.2) is 25.3 Å². The maximum Gasteiger partial charge on any atom is 0.323 e. The highest BCUT2D eigenvalue weighted by Gasteiger charge is 2.26. The molecule has 0 spiro atoms. The van der Waals surface area contributed by atoms with E-state index in [0.717, 1.165) is 0 Å². The SMILES string of the molecule is O=C(Nc1ccccc1Br)Nc1ccc2c(c1O)S(=O)(=O)CC=C2. The zero-order valence-corrected chi connectivity index (χ0v) is 14.7. The predicted molar refractivity (Wildman–Crippen MR) is 96.0 cm³/mol. The third kappa shape index (κ3) is 3.15. The zero-order valence-electron chi connectivity index (χ0n) is 12.3. The van der Waals surface area contributed by atoms with Crippen LogP contribution in [0.5, 0.6) is 5.75 Å². The van der Waals surface area contributed by atoms with Crippen molar-refractivity contribution in [3.63, 3.8) is 0 Å². The van der Waals surface area contributed by atoms with Crippen molar-refractivity contribution in [3.8, 4) is 5.75 Å². The lowest BCUT2D eigenvalue weighted by Gasteiger charge is -2.16. The maximum atomic E-state index is 12.1. The fourth-order valence-electron chi connectivity index (χ4n) is 2.37. The number of fused-ring (bicyclic) bond motifs is 1. The third-order valence-electron chi connectivity index (χ3n) is 3.46. The molecule has 1 aliphatic rings. The third-order valence-corrected chi connectivity index (χ3v) is 5.83. The van der Waals surface area contributed by atoms with Crippen molar-refractivity contribution in [2.45, 2.75) is 4.90 Å². The number of phenols is 1. The first-order valence-electron chi connectivity index (χ1n) is 6.96. The van der Waals surface area contributed by atoms with Crippen LogP contribution in [0.3, 0.4) is 0 Å². The lowest BCUT2D eigenvalue weighted by Crippen LogP contribution is -2.20. The summed E-state index contributed by atoms with van der Waals surface area (Å²) < 4.78 is 24.9. The Hall–Kier alpha value is -2.32. The second kappa shape index (κ2) is 6.29. The number of rotatable bonds is 2. The lowest BCUT2D eigenvalue weighted by molar-refractivity contribution is 0.262. The first kappa shape index (κ1) is 16.5. The summed E-state index contributed by atoms with van der Waals surface area (Å²) in [5.74, 6) is -0.640. The Morgan fingerprint density at radius 1 is 1.08 bits per heavy atom. The van der Waals surface area contributed by atoms with Crippen LogP contribution in [0.1, 0.15) is 5.56 Å². The molecule has 3 N–H and O–H groups in total. The normalized spacial score (nSPS) is 14.7. The lowest BCUT2D eigenvalue weighted by atomic mass is 10.1. The average Bonchev–Trinajstić information content (AvgIpc) is 2.51. The molecule has 2 aromatic rings. The van der Waals surface area contributed by atoms with Crippen molar-refractivity contribution in [1.29, 1.82) is 0 Å². The van der Waals surface area contributed by atoms with E-state index in [0.29, 0.717) is 15.7 Å². The molecule has 0 bridgehead atoms. The molecule has 6 nitrogen and oxygen atoms in total. The Bertz CT molecular complexity index is 955. The Kier molecular flexibility index (Phi) is 4.33. The van der Waals surface area contributed by atoms with Crippen molar-refractivity contribution in [2.24, 2.45) is 0 Å². The highest BCUT2D eigenvalue weighted by Crippen LogP contribution is 2.37. The second-order valence-electron chi connectivity index (χ2n) is 5.12. The summed E-state index contributed by atoms with van der Waals surface area (Å²) >= 11 is 3.31. The minimum absolute atomic E-state index is 0.0252. The molecule has 24 heavy (non-hydrogen) atoms. The van der Waals surface area contributed by atoms with Crippen molar-refractivity contribution >= 4 is 49.2 Å². The number of amides is 2. The number of carbonyl (C=O) groups is 1. The van der Waals surface area contributed by atoms with Crippen LogP contribution in [0.15, 0.2) is 51.8 Å². The highest BCUT2D eigenvalue weighted by molar-refractivity contribution is 9.10. The van der Waals surface area contributed by atoms with E-state index in [4.69, 9.17) is 0 Å². The molecule has 0 atom stereocenters. The van der Waals surface area contributed by atoms with Gasteiger partial charge in [-0.25, -0.2) is 13.2 Å². The van der Waals surface area contributed by atoms with Crippen LogP contribution in [0.4, 0.5) is 16.2 Å². The fourth-order valence-corrected chi connectivity index (χ4v) is 4.17. The molecule has 1 heterocycles. The molecule has 1 aliphatic heterocycles. The van der Waals surface area contributed by atoms with Crippen molar-refractivity contribution in [3.05, 3.63) is 52.5 Å². The Balaban J connectivity index is 1.88. The molecule has 0 radical (unpaired) electrons. The van der Waals surface area contributed by atoms with E-state index in [-0.39, 0.29) is 16.3 Å². The number of hydrogen-bond donors (Lipinski definition) is 3. The Morgan fingerprint density at radius 2 is 1.79 bits per heavy atom. The number of urea groups is 1. The van der Waals surface area contributed by atoms with E-state index in [2.05, 4.69) is 26.6 Å². The monoisotopic (exact) mass is 408 g/mol. The van der Waals surface area contributed by atoms with Gasteiger partial charge in [-0.15, -0.1) is 0 Å². The molecule has 0 saturated carbocycles. The summed E-state index contributed by atoms with van der Waals surface area (Å²) in [5, 5.41) is 15.4. The smallest absolute Gasteiger partial charge is 0.323 e. The van der Waals surface area contributed by atoms with Gasteiger partial charge in [0.1, 0.15) is 4.90 Å². The molecule has 0 aliphatic carbocycles. The van der Waals surface area contributed by atoms with Gasteiger partial charge in [-0.3, -0.25) is 0 Å². The van der Waals surface area contributed by atoms with Crippen molar-refractivity contribution < 1.29 is 18.3 Å². The Labute approximate surface area is 147 Å². The molecule has 8 heteroatoms. The van der Waals surface area contributed by atoms with Gasteiger partial charge >= 0.3 is 6.03 Å². The van der Waals surface area contributed by atoms with Crippen LogP contribution >= 0.6 is 15.9 Å². The van der Waals surface area contributed by atoms with Gasteiger partial charge in [0.05, 0.1) is 17.1 Å². The molecule has 2 amide bonds. The topological polar surface area (TPSA) is 95.5 Å². The van der Waals surface area contributed by atoms with Crippen molar-refractivity contribution in [1.82, 2.24) is 0 Å². The van der Waals surface area contributed by atoms with E-state index in [1.165, 1.54) is 18.2 Å². The minimum Gasteiger partial charge on any atom is -0.504 e. The number of nitrogens with one attached hydrogen (secondary N) is 2. The summed E-state index contributed by atoms with van der Waals surface area (Å²) in [6.07, 6.45) is 3.14. The molecule has 0 unspecified atom stereocenters. The number of sulfone groups is 1. The molecule has 0 saturated heterocycles. The number of anilines is 2. The van der Waals surface area contributed by atoms with E-state index < -0.39 is 21.6 Å². The summed E-state index contributed by atoms with van der Waals surface area (Å²) in [6.45, 7) is 0. The average molecular weight is 409 g/mol. The summed E-state index contributed by atoms with van der Waals surface area (Å²) in [7, 11) is -3.61. The largest absolute Gasteiger partial charge is 0.504 e. The zero-order chi connectivity index (χ0) is 17.3. The second-order valence-corrected chi connectivity index (χ2v) is 7.95. The molecule has 3 rings (SSSR count). The van der Waals surface area contributed by atoms with Crippen molar-refractivity contribution in [2.75, 3.05) is 16.4 Å². The summed E-state index contributed by atoms with van der Waals surface area (Å²) in [6, 6.07) is 9.43. The van der Waals surface area contributed by atoms with Crippen LogP contribution in [0.25, 0.3) is 6.08 Å². The first-order valence-corrected chi connectivity index (χ1v) is 9.41. The van der Waals surface area contributed by atoms with E-state index in [9.17, 15) is 18.3 Å². The van der Waals surface area contributed by atoms with E-state index >= 15 is 0 Å². The Morgan fingerprint density at radius 3 is 2.54 bits per heavy atom. The van der Waals surface area contributed by atoms with Gasteiger partial charge in [-0.2, -0.15) is 0 Å². The van der Waals surface area contributed by atoms with Crippen LogP contribution in [-0.2, 0) is 9.84 Å². The summed E-state index contributed by atoms with van der Waals surface area (Å²) in [5.41, 5.74) is 0.968. The summed E-state index contributed by atoms with van der Waals surface area (Å²) in [4.78, 5) is 11.9. The van der Waals surface area contributed by atoms with Crippen LogP contribution in [0.2, 0.25) is 0 Å². The molecular formula is C16H13BrN2O4S. The molecule has 124 valence electrons. The first-order chi connectivity index (χ1) is 11.4. The van der Waals surface area contributed by atoms with E-state index in [1.807, 2.05) is 0 Å². The fraction of sp³-hybridized carbons (Fsp3) is 0.0625. The molecular weight excluding hydrogens is 396 g/mol. The van der Waals surface area contributed by atoms with Crippen LogP contribution < -0.4 is 10.6 Å². The van der Waals surface area contributed by atoms with Crippen LogP contribution in [0, 0.1) is 0 Å². The van der Waals surface area contributed by atoms with Gasteiger partial charge in [0.15, 0.2) is 15.6 Å². The predicted octanol–water partition coefficient (Wildman–Crippen LogP) is 3.60. The number of phenolic OH excluding ortho intramolecular Hbond substituents is 1. The number of halogens is 1. The number of carbonyl (C=O) groups excluding carboxylic acids is 1. The van der Waals surface area contributed by atoms with Gasteiger partial charge in [0.2, 0.25) is 0 Å².